The van der Waals surface area contributed by atoms with E-state index in [4.69, 9.17) is 10.8 Å². The maximum atomic E-state index is 13.1. The molecule has 0 unspecified atom stereocenters. The first kappa shape index (κ1) is 11.6. The lowest BCUT2D eigenvalue weighted by Gasteiger charge is -2.06. The van der Waals surface area contributed by atoms with Crippen molar-refractivity contribution in [2.45, 2.75) is 18.9 Å². The lowest BCUT2D eigenvalue weighted by Crippen LogP contribution is -2.30. The second-order valence-corrected chi connectivity index (χ2v) is 3.22. The van der Waals surface area contributed by atoms with Crippen molar-refractivity contribution < 1.29 is 18.7 Å². The van der Waals surface area contributed by atoms with Crippen LogP contribution in [0, 0.1) is 11.6 Å². The van der Waals surface area contributed by atoms with Crippen molar-refractivity contribution in [1.82, 2.24) is 0 Å². The maximum Gasteiger partial charge on any atom is 0.320 e. The summed E-state index contributed by atoms with van der Waals surface area (Å²) >= 11 is 0. The van der Waals surface area contributed by atoms with Gasteiger partial charge in [0.25, 0.3) is 0 Å². The Morgan fingerprint density at radius 1 is 1.47 bits per heavy atom. The second kappa shape index (κ2) is 4.84. The highest BCUT2D eigenvalue weighted by Gasteiger charge is 2.12. The van der Waals surface area contributed by atoms with Gasteiger partial charge in [0.1, 0.15) is 17.7 Å². The Labute approximate surface area is 85.5 Å². The summed E-state index contributed by atoms with van der Waals surface area (Å²) in [5.41, 5.74) is 5.38. The van der Waals surface area contributed by atoms with Gasteiger partial charge in [-0.15, -0.1) is 0 Å². The molecule has 1 aromatic carbocycles. The molecule has 0 aliphatic carbocycles. The van der Waals surface area contributed by atoms with E-state index in [1.54, 1.807) is 0 Å². The number of carboxylic acids is 1. The Morgan fingerprint density at radius 2 is 2.13 bits per heavy atom. The molecular formula is C10H11F2NO2. The van der Waals surface area contributed by atoms with E-state index >= 15 is 0 Å². The van der Waals surface area contributed by atoms with Crippen LogP contribution in [-0.2, 0) is 11.2 Å². The van der Waals surface area contributed by atoms with Crippen molar-refractivity contribution in [3.63, 3.8) is 0 Å². The molecule has 0 aliphatic heterocycles. The van der Waals surface area contributed by atoms with Gasteiger partial charge in [-0.2, -0.15) is 0 Å². The Kier molecular flexibility index (Phi) is 3.74. The largest absolute Gasteiger partial charge is 0.480 e. The van der Waals surface area contributed by atoms with Gasteiger partial charge in [0, 0.05) is 0 Å². The van der Waals surface area contributed by atoms with Crippen LogP contribution in [0.3, 0.4) is 0 Å². The number of carbonyl (C=O) groups is 1. The molecule has 0 spiro atoms. The van der Waals surface area contributed by atoms with Crippen LogP contribution < -0.4 is 5.73 Å². The first-order chi connectivity index (χ1) is 7.00. The third kappa shape index (κ3) is 3.28. The quantitative estimate of drug-likeness (QED) is 0.795. The van der Waals surface area contributed by atoms with Gasteiger partial charge in [0.05, 0.1) is 0 Å². The number of aliphatic carboxylic acids is 1. The molecule has 0 fully saturated rings. The van der Waals surface area contributed by atoms with Crippen molar-refractivity contribution in [2.24, 2.45) is 5.73 Å². The topological polar surface area (TPSA) is 63.3 Å². The molecule has 1 aromatic rings. The highest BCUT2D eigenvalue weighted by atomic mass is 19.1. The van der Waals surface area contributed by atoms with E-state index in [0.717, 1.165) is 18.2 Å². The fourth-order valence-electron chi connectivity index (χ4n) is 1.17. The van der Waals surface area contributed by atoms with Crippen LogP contribution in [-0.4, -0.2) is 17.1 Å². The summed E-state index contributed by atoms with van der Waals surface area (Å²) in [5, 5.41) is 8.49. The average Bonchev–Trinajstić information content (AvgIpc) is 2.18. The fourth-order valence-corrected chi connectivity index (χ4v) is 1.17. The maximum absolute atomic E-state index is 13.1. The summed E-state index contributed by atoms with van der Waals surface area (Å²) in [6.45, 7) is 0. The number of aryl methyl sites for hydroxylation is 1. The fraction of sp³-hybridized carbons (Fsp3) is 0.300. The number of rotatable bonds is 4. The highest BCUT2D eigenvalue weighted by Crippen LogP contribution is 2.12. The van der Waals surface area contributed by atoms with Crippen molar-refractivity contribution in [3.8, 4) is 0 Å². The summed E-state index contributed by atoms with van der Waals surface area (Å²) in [6.07, 6.45) is 0.187. The Morgan fingerprint density at radius 3 is 2.73 bits per heavy atom. The zero-order valence-corrected chi connectivity index (χ0v) is 7.91. The SMILES string of the molecule is N[C@@H](CCc1cc(F)ccc1F)C(=O)O. The normalized spacial score (nSPS) is 12.5. The summed E-state index contributed by atoms with van der Waals surface area (Å²) in [4.78, 5) is 10.4. The molecule has 0 aliphatic rings. The lowest BCUT2D eigenvalue weighted by atomic mass is 10.1. The van der Waals surface area contributed by atoms with Gasteiger partial charge < -0.3 is 10.8 Å². The second-order valence-electron chi connectivity index (χ2n) is 3.22. The zero-order valence-electron chi connectivity index (χ0n) is 7.91. The van der Waals surface area contributed by atoms with Crippen molar-refractivity contribution in [1.29, 1.82) is 0 Å². The predicted molar refractivity (Wildman–Crippen MR) is 50.3 cm³/mol. The zero-order chi connectivity index (χ0) is 11.4. The van der Waals surface area contributed by atoms with Gasteiger partial charge >= 0.3 is 5.97 Å². The van der Waals surface area contributed by atoms with Crippen LogP contribution in [0.1, 0.15) is 12.0 Å². The van der Waals surface area contributed by atoms with Gasteiger partial charge in [-0.05, 0) is 36.6 Å². The molecule has 3 N–H and O–H groups in total. The smallest absolute Gasteiger partial charge is 0.320 e. The molecule has 5 heteroatoms. The minimum Gasteiger partial charge on any atom is -0.480 e. The third-order valence-corrected chi connectivity index (χ3v) is 2.05. The summed E-state index contributed by atoms with van der Waals surface area (Å²) < 4.78 is 25.8. The van der Waals surface area contributed by atoms with Crippen LogP contribution in [0.25, 0.3) is 0 Å². The van der Waals surface area contributed by atoms with Gasteiger partial charge in [-0.1, -0.05) is 0 Å². The summed E-state index contributed by atoms with van der Waals surface area (Å²) in [6, 6.07) is 2.02. The molecule has 1 atom stereocenters. The molecule has 0 amide bonds. The van der Waals surface area contributed by atoms with Gasteiger partial charge in [0.2, 0.25) is 0 Å². The van der Waals surface area contributed by atoms with Crippen LogP contribution in [0.2, 0.25) is 0 Å². The molecule has 0 bridgehead atoms. The Hall–Kier alpha value is -1.49. The molecule has 0 radical (unpaired) electrons. The number of carboxylic acid groups (broad SMARTS) is 1. The van der Waals surface area contributed by atoms with E-state index in [2.05, 4.69) is 0 Å². The highest BCUT2D eigenvalue weighted by molar-refractivity contribution is 5.73. The minimum absolute atomic E-state index is 0.0791. The monoisotopic (exact) mass is 215 g/mol. The van der Waals surface area contributed by atoms with E-state index < -0.39 is 23.6 Å². The van der Waals surface area contributed by atoms with Crippen LogP contribution in [0.4, 0.5) is 8.78 Å². The summed E-state index contributed by atoms with van der Waals surface area (Å²) in [5.74, 6) is -2.24. The first-order valence-corrected chi connectivity index (χ1v) is 4.43. The van der Waals surface area contributed by atoms with Gasteiger partial charge in [0.15, 0.2) is 0 Å². The van der Waals surface area contributed by atoms with Crippen molar-refractivity contribution >= 4 is 5.97 Å². The minimum atomic E-state index is -1.15. The Bertz CT molecular complexity index is 368. The van der Waals surface area contributed by atoms with E-state index in [9.17, 15) is 13.6 Å². The van der Waals surface area contributed by atoms with Crippen LogP contribution >= 0.6 is 0 Å². The lowest BCUT2D eigenvalue weighted by molar-refractivity contribution is -0.138. The molecule has 15 heavy (non-hydrogen) atoms. The number of nitrogens with two attached hydrogens (primary N) is 1. The molecular weight excluding hydrogens is 204 g/mol. The first-order valence-electron chi connectivity index (χ1n) is 4.43. The van der Waals surface area contributed by atoms with E-state index in [-0.39, 0.29) is 18.4 Å². The number of hydrogen-bond donors (Lipinski definition) is 2. The standard InChI is InChI=1S/C10H11F2NO2/c11-7-2-3-8(12)6(5-7)1-4-9(13)10(14)15/h2-3,5,9H,1,4,13H2,(H,14,15)/t9-/m0/s1. The molecule has 1 rings (SSSR count). The van der Waals surface area contributed by atoms with Crippen molar-refractivity contribution in [3.05, 3.63) is 35.4 Å². The molecule has 0 heterocycles. The van der Waals surface area contributed by atoms with Gasteiger partial charge in [-0.3, -0.25) is 4.79 Å². The average molecular weight is 215 g/mol. The van der Waals surface area contributed by atoms with E-state index in [1.807, 2.05) is 0 Å². The molecule has 0 saturated carbocycles. The predicted octanol–water partition coefficient (Wildman–Crippen LogP) is 1.31. The molecule has 82 valence electrons. The molecule has 0 aromatic heterocycles. The third-order valence-electron chi connectivity index (χ3n) is 2.05. The van der Waals surface area contributed by atoms with E-state index in [1.165, 1.54) is 0 Å². The number of benzene rings is 1. The molecule has 0 saturated heterocycles. The Balaban J connectivity index is 2.65. The van der Waals surface area contributed by atoms with Crippen molar-refractivity contribution in [2.75, 3.05) is 0 Å². The number of hydrogen-bond acceptors (Lipinski definition) is 2. The van der Waals surface area contributed by atoms with Crippen LogP contribution in [0.15, 0.2) is 18.2 Å². The number of halogens is 2. The van der Waals surface area contributed by atoms with Crippen LogP contribution in [0.5, 0.6) is 0 Å². The van der Waals surface area contributed by atoms with Gasteiger partial charge in [-0.25, -0.2) is 8.78 Å². The molecule has 3 nitrogen and oxygen atoms in total. The van der Waals surface area contributed by atoms with E-state index in [0.29, 0.717) is 0 Å². The summed E-state index contributed by atoms with van der Waals surface area (Å²) in [7, 11) is 0.